The molecule has 2 aromatic rings. The molecule has 0 unspecified atom stereocenters. The number of nitrogens with one attached hydrogen (secondary N) is 2. The van der Waals surface area contributed by atoms with Gasteiger partial charge in [-0.2, -0.15) is 5.26 Å². The second kappa shape index (κ2) is 6.53. The number of fused-ring (bicyclic) bond motifs is 1. The van der Waals surface area contributed by atoms with Crippen LogP contribution in [0, 0.1) is 11.3 Å². The van der Waals surface area contributed by atoms with Gasteiger partial charge < -0.3 is 10.6 Å². The van der Waals surface area contributed by atoms with Gasteiger partial charge in [0.1, 0.15) is 6.04 Å². The van der Waals surface area contributed by atoms with Crippen molar-refractivity contribution in [1.29, 1.82) is 5.26 Å². The molecule has 3 rings (SSSR count). The summed E-state index contributed by atoms with van der Waals surface area (Å²) in [5.74, 6) is -0.102. The molecule has 0 saturated heterocycles. The third-order valence-corrected chi connectivity index (χ3v) is 4.16. The predicted octanol–water partition coefficient (Wildman–Crippen LogP) is 3.49. The average molecular weight is 305 g/mol. The molecule has 116 valence electrons. The van der Waals surface area contributed by atoms with Crippen molar-refractivity contribution in [3.8, 4) is 6.07 Å². The predicted molar refractivity (Wildman–Crippen MR) is 91.3 cm³/mol. The van der Waals surface area contributed by atoms with Crippen molar-refractivity contribution in [3.63, 3.8) is 0 Å². The van der Waals surface area contributed by atoms with Crippen molar-refractivity contribution < 1.29 is 4.79 Å². The van der Waals surface area contributed by atoms with E-state index in [1.54, 1.807) is 24.3 Å². The average Bonchev–Trinajstić information content (AvgIpc) is 3.03. The Morgan fingerprint density at radius 3 is 2.52 bits per heavy atom. The minimum Gasteiger partial charge on any atom is -0.374 e. The number of anilines is 2. The molecule has 0 spiro atoms. The number of nitrogens with zero attached hydrogens (tertiary/aromatic N) is 1. The normalized spacial score (nSPS) is 13.7. The van der Waals surface area contributed by atoms with Crippen molar-refractivity contribution in [2.45, 2.75) is 32.2 Å². The molecule has 0 radical (unpaired) electrons. The van der Waals surface area contributed by atoms with Gasteiger partial charge in [0.15, 0.2) is 0 Å². The highest BCUT2D eigenvalue weighted by molar-refractivity contribution is 5.96. The number of carbonyl (C=O) groups excluding carboxylic acids is 1. The largest absolute Gasteiger partial charge is 0.374 e. The molecule has 2 aromatic carbocycles. The Morgan fingerprint density at radius 1 is 1.09 bits per heavy atom. The Bertz CT molecular complexity index is 759. The third kappa shape index (κ3) is 3.51. The Hall–Kier alpha value is -2.80. The van der Waals surface area contributed by atoms with Crippen LogP contribution in [0.15, 0.2) is 42.5 Å². The van der Waals surface area contributed by atoms with E-state index in [0.29, 0.717) is 11.3 Å². The first-order chi connectivity index (χ1) is 11.2. The minimum absolute atomic E-state index is 0.102. The zero-order valence-corrected chi connectivity index (χ0v) is 13.1. The summed E-state index contributed by atoms with van der Waals surface area (Å²) in [6.07, 6.45) is 3.49. The lowest BCUT2D eigenvalue weighted by atomic mass is 10.1. The molecule has 4 heteroatoms. The highest BCUT2D eigenvalue weighted by Crippen LogP contribution is 2.25. The van der Waals surface area contributed by atoms with Crippen molar-refractivity contribution >= 4 is 17.3 Å². The molecule has 0 fully saturated rings. The number of hydrogen-bond donors (Lipinski definition) is 2. The van der Waals surface area contributed by atoms with Crippen LogP contribution in [0.2, 0.25) is 0 Å². The van der Waals surface area contributed by atoms with Crippen molar-refractivity contribution in [2.75, 3.05) is 10.6 Å². The molecule has 4 nitrogen and oxygen atoms in total. The number of amides is 1. The lowest BCUT2D eigenvalue weighted by molar-refractivity contribution is -0.116. The summed E-state index contributed by atoms with van der Waals surface area (Å²) in [4.78, 5) is 12.3. The van der Waals surface area contributed by atoms with Crippen LogP contribution in [0.3, 0.4) is 0 Å². The second-order valence-corrected chi connectivity index (χ2v) is 5.88. The molecule has 0 saturated carbocycles. The van der Waals surface area contributed by atoms with Gasteiger partial charge in [-0.15, -0.1) is 0 Å². The number of carbonyl (C=O) groups is 1. The van der Waals surface area contributed by atoms with Crippen LogP contribution in [-0.4, -0.2) is 11.9 Å². The number of aryl methyl sites for hydroxylation is 2. The highest BCUT2D eigenvalue weighted by Gasteiger charge is 2.15. The maximum Gasteiger partial charge on any atom is 0.246 e. The van der Waals surface area contributed by atoms with Gasteiger partial charge in [-0.1, -0.05) is 6.07 Å². The van der Waals surface area contributed by atoms with E-state index < -0.39 is 0 Å². The quantitative estimate of drug-likeness (QED) is 0.909. The first-order valence-electron chi connectivity index (χ1n) is 7.85. The van der Waals surface area contributed by atoms with E-state index in [-0.39, 0.29) is 11.9 Å². The first-order valence-corrected chi connectivity index (χ1v) is 7.85. The second-order valence-electron chi connectivity index (χ2n) is 5.88. The smallest absolute Gasteiger partial charge is 0.246 e. The zero-order chi connectivity index (χ0) is 16.2. The number of hydrogen-bond acceptors (Lipinski definition) is 3. The molecule has 23 heavy (non-hydrogen) atoms. The number of nitriles is 1. The molecule has 0 aliphatic heterocycles. The van der Waals surface area contributed by atoms with Gasteiger partial charge >= 0.3 is 0 Å². The van der Waals surface area contributed by atoms with Crippen LogP contribution in [-0.2, 0) is 17.6 Å². The van der Waals surface area contributed by atoms with E-state index >= 15 is 0 Å². The monoisotopic (exact) mass is 305 g/mol. The van der Waals surface area contributed by atoms with Crippen molar-refractivity contribution in [3.05, 3.63) is 59.2 Å². The van der Waals surface area contributed by atoms with Crippen LogP contribution in [0.4, 0.5) is 11.4 Å². The van der Waals surface area contributed by atoms with E-state index in [4.69, 9.17) is 5.26 Å². The molecule has 2 N–H and O–H groups in total. The van der Waals surface area contributed by atoms with E-state index in [1.807, 2.05) is 13.0 Å². The summed E-state index contributed by atoms with van der Waals surface area (Å²) in [7, 11) is 0. The van der Waals surface area contributed by atoms with Crippen LogP contribution < -0.4 is 10.6 Å². The van der Waals surface area contributed by atoms with Gasteiger partial charge in [0.2, 0.25) is 5.91 Å². The minimum atomic E-state index is -0.343. The molecular weight excluding hydrogens is 286 g/mol. The van der Waals surface area contributed by atoms with Crippen molar-refractivity contribution in [1.82, 2.24) is 0 Å². The SMILES string of the molecule is C[C@@H](Nc1ccc2c(c1)CCC2)C(=O)Nc1ccc(C#N)cc1. The van der Waals surface area contributed by atoms with Gasteiger partial charge in [0.05, 0.1) is 11.6 Å². The molecule has 0 bridgehead atoms. The van der Waals surface area contributed by atoms with Gasteiger partial charge in [0.25, 0.3) is 0 Å². The Kier molecular flexibility index (Phi) is 4.29. The summed E-state index contributed by atoms with van der Waals surface area (Å²) in [6, 6.07) is 14.9. The molecule has 1 amide bonds. The highest BCUT2D eigenvalue weighted by atomic mass is 16.2. The maximum atomic E-state index is 12.3. The summed E-state index contributed by atoms with van der Waals surface area (Å²) >= 11 is 0. The van der Waals surface area contributed by atoms with E-state index in [0.717, 1.165) is 18.5 Å². The summed E-state index contributed by atoms with van der Waals surface area (Å²) < 4.78 is 0. The fraction of sp³-hybridized carbons (Fsp3) is 0.263. The van der Waals surface area contributed by atoms with Crippen LogP contribution in [0.1, 0.15) is 30.0 Å². The Labute approximate surface area is 136 Å². The zero-order valence-electron chi connectivity index (χ0n) is 13.1. The lowest BCUT2D eigenvalue weighted by Gasteiger charge is -2.16. The summed E-state index contributed by atoms with van der Waals surface area (Å²) in [5.41, 5.74) is 5.05. The molecule has 1 atom stereocenters. The molecule has 0 heterocycles. The standard InChI is InChI=1S/C19H19N3O/c1-13(19(23)22-17-8-5-14(12-20)6-9-17)21-18-10-7-15-3-2-4-16(15)11-18/h5-11,13,21H,2-4H2,1H3,(H,22,23)/t13-/m1/s1. The topological polar surface area (TPSA) is 64.9 Å². The van der Waals surface area contributed by atoms with Gasteiger partial charge in [-0.25, -0.2) is 0 Å². The van der Waals surface area contributed by atoms with Crippen LogP contribution in [0.5, 0.6) is 0 Å². The lowest BCUT2D eigenvalue weighted by Crippen LogP contribution is -2.31. The number of rotatable bonds is 4. The fourth-order valence-electron chi connectivity index (χ4n) is 2.86. The molecule has 0 aromatic heterocycles. The van der Waals surface area contributed by atoms with E-state index in [2.05, 4.69) is 28.8 Å². The molecular formula is C19H19N3O. The summed E-state index contributed by atoms with van der Waals surface area (Å²) in [6.45, 7) is 1.84. The Morgan fingerprint density at radius 2 is 1.78 bits per heavy atom. The maximum absolute atomic E-state index is 12.3. The van der Waals surface area contributed by atoms with Gasteiger partial charge in [-0.3, -0.25) is 4.79 Å². The summed E-state index contributed by atoms with van der Waals surface area (Å²) in [5, 5.41) is 14.9. The van der Waals surface area contributed by atoms with Crippen LogP contribution in [0.25, 0.3) is 0 Å². The first kappa shape index (κ1) is 15.1. The van der Waals surface area contributed by atoms with E-state index in [9.17, 15) is 4.79 Å². The van der Waals surface area contributed by atoms with Crippen LogP contribution >= 0.6 is 0 Å². The van der Waals surface area contributed by atoms with E-state index in [1.165, 1.54) is 17.5 Å². The molecule has 1 aliphatic carbocycles. The van der Waals surface area contributed by atoms with Crippen molar-refractivity contribution in [2.24, 2.45) is 0 Å². The molecule has 1 aliphatic rings. The Balaban J connectivity index is 1.62. The fourth-order valence-corrected chi connectivity index (χ4v) is 2.86. The van der Waals surface area contributed by atoms with Gasteiger partial charge in [-0.05, 0) is 73.7 Å². The van der Waals surface area contributed by atoms with Gasteiger partial charge in [0, 0.05) is 11.4 Å². The number of benzene rings is 2. The third-order valence-electron chi connectivity index (χ3n) is 4.16.